The van der Waals surface area contributed by atoms with Crippen LogP contribution in [0.4, 0.5) is 5.13 Å². The summed E-state index contributed by atoms with van der Waals surface area (Å²) in [5, 5.41) is 11.6. The fourth-order valence-electron chi connectivity index (χ4n) is 4.26. The minimum absolute atomic E-state index is 0.00646. The van der Waals surface area contributed by atoms with Crippen LogP contribution in [0.1, 0.15) is 22.7 Å². The number of aliphatic hydroxyl groups excluding tert-OH is 1. The molecule has 1 unspecified atom stereocenters. The van der Waals surface area contributed by atoms with Crippen molar-refractivity contribution in [1.29, 1.82) is 0 Å². The molecule has 1 amide bonds. The molecule has 1 aromatic heterocycles. The van der Waals surface area contributed by atoms with Crippen molar-refractivity contribution in [2.24, 2.45) is 0 Å². The summed E-state index contributed by atoms with van der Waals surface area (Å²) < 4.78 is 11.8. The Kier molecular flexibility index (Phi) is 4.63. The van der Waals surface area contributed by atoms with Crippen LogP contribution < -0.4 is 14.4 Å². The van der Waals surface area contributed by atoms with Gasteiger partial charge in [-0.15, -0.1) is 0 Å². The molecular formula is C26H18N2O5S. The summed E-state index contributed by atoms with van der Waals surface area (Å²) >= 11 is 1.32. The number of amides is 1. The van der Waals surface area contributed by atoms with E-state index in [1.165, 1.54) is 16.2 Å². The lowest BCUT2D eigenvalue weighted by Gasteiger charge is -2.23. The standard InChI is InChI=1S/C26H18N2O5S/c1-14-6-8-15(9-7-14)23(29)21-22(16-10-11-18-19(12-16)33-13-32-18)28(25(31)24(21)30)26-27-17-4-2-3-5-20(17)34-26/h2-12,22,29H,13H2,1H3/b23-21-. The van der Waals surface area contributed by atoms with Gasteiger partial charge in [-0.2, -0.15) is 0 Å². The normalized spacial score (nSPS) is 18.7. The largest absolute Gasteiger partial charge is 0.507 e. The van der Waals surface area contributed by atoms with Gasteiger partial charge >= 0.3 is 5.91 Å². The zero-order valence-electron chi connectivity index (χ0n) is 18.0. The van der Waals surface area contributed by atoms with Crippen LogP contribution in [0.5, 0.6) is 11.5 Å². The van der Waals surface area contributed by atoms with Crippen LogP contribution in [0.15, 0.2) is 72.3 Å². The van der Waals surface area contributed by atoms with Crippen molar-refractivity contribution in [1.82, 2.24) is 4.98 Å². The monoisotopic (exact) mass is 470 g/mol. The Balaban J connectivity index is 1.57. The number of rotatable bonds is 3. The first-order chi connectivity index (χ1) is 16.5. The van der Waals surface area contributed by atoms with Gasteiger partial charge in [-0.3, -0.25) is 14.5 Å². The number of fused-ring (bicyclic) bond motifs is 2. The van der Waals surface area contributed by atoms with Gasteiger partial charge in [-0.1, -0.05) is 59.4 Å². The lowest BCUT2D eigenvalue weighted by Crippen LogP contribution is -2.29. The third-order valence-corrected chi connectivity index (χ3v) is 7.01. The number of aliphatic hydroxyl groups is 1. The van der Waals surface area contributed by atoms with E-state index in [4.69, 9.17) is 9.47 Å². The Morgan fingerprint density at radius 3 is 2.59 bits per heavy atom. The van der Waals surface area contributed by atoms with E-state index < -0.39 is 17.7 Å². The second-order valence-electron chi connectivity index (χ2n) is 8.11. The number of aromatic nitrogens is 1. The predicted molar refractivity (Wildman–Crippen MR) is 128 cm³/mol. The molecule has 1 saturated heterocycles. The Hall–Kier alpha value is -4.17. The van der Waals surface area contributed by atoms with Crippen molar-refractivity contribution in [3.63, 3.8) is 0 Å². The van der Waals surface area contributed by atoms with Crippen molar-refractivity contribution in [3.05, 3.63) is 89.0 Å². The second kappa shape index (κ2) is 7.71. The number of hydrogen-bond acceptors (Lipinski definition) is 7. The topological polar surface area (TPSA) is 89.0 Å². The third kappa shape index (κ3) is 3.14. The number of para-hydroxylation sites is 1. The van der Waals surface area contributed by atoms with Gasteiger partial charge < -0.3 is 14.6 Å². The van der Waals surface area contributed by atoms with E-state index in [0.29, 0.717) is 27.8 Å². The molecule has 0 aliphatic carbocycles. The predicted octanol–water partition coefficient (Wildman–Crippen LogP) is 4.96. The Morgan fingerprint density at radius 2 is 1.79 bits per heavy atom. The van der Waals surface area contributed by atoms with Gasteiger partial charge in [0, 0.05) is 5.56 Å². The minimum atomic E-state index is -0.878. The van der Waals surface area contributed by atoms with Crippen LogP contribution in [0.2, 0.25) is 0 Å². The average molecular weight is 471 g/mol. The fourth-order valence-corrected chi connectivity index (χ4v) is 5.25. The van der Waals surface area contributed by atoms with Crippen LogP contribution in [0, 0.1) is 6.92 Å². The molecule has 2 aliphatic heterocycles. The second-order valence-corrected chi connectivity index (χ2v) is 9.12. The molecule has 0 spiro atoms. The summed E-state index contributed by atoms with van der Waals surface area (Å²) in [7, 11) is 0. The summed E-state index contributed by atoms with van der Waals surface area (Å²) in [5.41, 5.74) is 2.81. The first-order valence-electron chi connectivity index (χ1n) is 10.6. The molecule has 4 aromatic rings. The van der Waals surface area contributed by atoms with Gasteiger partial charge in [0.1, 0.15) is 5.76 Å². The third-order valence-electron chi connectivity index (χ3n) is 5.97. The van der Waals surface area contributed by atoms with Gasteiger partial charge in [-0.25, -0.2) is 4.98 Å². The molecule has 2 aliphatic rings. The number of thiazole rings is 1. The molecule has 0 radical (unpaired) electrons. The van der Waals surface area contributed by atoms with E-state index in [1.807, 2.05) is 43.3 Å². The minimum Gasteiger partial charge on any atom is -0.507 e. The molecule has 0 bridgehead atoms. The molecule has 8 heteroatoms. The van der Waals surface area contributed by atoms with Gasteiger partial charge in [0.15, 0.2) is 16.6 Å². The van der Waals surface area contributed by atoms with E-state index >= 15 is 0 Å². The number of anilines is 1. The number of aryl methyl sites for hydroxylation is 1. The highest BCUT2D eigenvalue weighted by Gasteiger charge is 2.48. The molecule has 1 fully saturated rings. The molecule has 34 heavy (non-hydrogen) atoms. The maximum Gasteiger partial charge on any atom is 0.301 e. The summed E-state index contributed by atoms with van der Waals surface area (Å²) in [6.45, 7) is 2.03. The maximum absolute atomic E-state index is 13.3. The van der Waals surface area contributed by atoms with E-state index in [2.05, 4.69) is 4.98 Å². The zero-order chi connectivity index (χ0) is 23.4. The average Bonchev–Trinajstić information content (AvgIpc) is 3.55. The Morgan fingerprint density at radius 1 is 1.03 bits per heavy atom. The van der Waals surface area contributed by atoms with E-state index in [-0.39, 0.29) is 18.1 Å². The van der Waals surface area contributed by atoms with Crippen LogP contribution in [0.25, 0.3) is 16.0 Å². The molecule has 0 saturated carbocycles. The molecule has 168 valence electrons. The lowest BCUT2D eigenvalue weighted by molar-refractivity contribution is -0.132. The van der Waals surface area contributed by atoms with Crippen LogP contribution in [-0.4, -0.2) is 28.6 Å². The summed E-state index contributed by atoms with van der Waals surface area (Å²) in [6, 6.07) is 19.0. The summed E-state index contributed by atoms with van der Waals surface area (Å²) in [5.74, 6) is -0.637. The highest BCUT2D eigenvalue weighted by atomic mass is 32.1. The molecule has 1 N–H and O–H groups in total. The first kappa shape index (κ1) is 20.4. The number of nitrogens with zero attached hydrogens (tertiary/aromatic N) is 2. The molecule has 3 aromatic carbocycles. The number of carbonyl (C=O) groups excluding carboxylic acids is 2. The van der Waals surface area contributed by atoms with E-state index in [0.717, 1.165) is 15.8 Å². The van der Waals surface area contributed by atoms with Gasteiger partial charge in [0.05, 0.1) is 21.8 Å². The van der Waals surface area contributed by atoms with Gasteiger partial charge in [0.25, 0.3) is 5.78 Å². The molecule has 3 heterocycles. The maximum atomic E-state index is 13.3. The fraction of sp³-hybridized carbons (Fsp3) is 0.115. The Bertz CT molecular complexity index is 1470. The highest BCUT2D eigenvalue weighted by Crippen LogP contribution is 2.46. The van der Waals surface area contributed by atoms with Crippen molar-refractivity contribution >= 4 is 44.1 Å². The summed E-state index contributed by atoms with van der Waals surface area (Å²) in [4.78, 5) is 32.6. The van der Waals surface area contributed by atoms with Crippen molar-refractivity contribution < 1.29 is 24.2 Å². The van der Waals surface area contributed by atoms with E-state index in [1.54, 1.807) is 30.3 Å². The van der Waals surface area contributed by atoms with Crippen molar-refractivity contribution in [2.45, 2.75) is 13.0 Å². The van der Waals surface area contributed by atoms with Gasteiger partial charge in [-0.05, 0) is 36.8 Å². The van der Waals surface area contributed by atoms with Crippen molar-refractivity contribution in [2.75, 3.05) is 11.7 Å². The molecule has 6 rings (SSSR count). The number of ether oxygens (including phenoxy) is 2. The quantitative estimate of drug-likeness (QED) is 0.259. The number of ketones is 1. The lowest BCUT2D eigenvalue weighted by atomic mass is 9.95. The van der Waals surface area contributed by atoms with Crippen LogP contribution >= 0.6 is 11.3 Å². The summed E-state index contributed by atoms with van der Waals surface area (Å²) in [6.07, 6.45) is 0. The zero-order valence-corrected chi connectivity index (χ0v) is 18.8. The SMILES string of the molecule is Cc1ccc(/C(O)=C2/C(=O)C(=O)N(c3nc4ccccc4s3)C2c2ccc3c(c2)OCO3)cc1. The smallest absolute Gasteiger partial charge is 0.301 e. The van der Waals surface area contributed by atoms with Crippen LogP contribution in [-0.2, 0) is 9.59 Å². The van der Waals surface area contributed by atoms with E-state index in [9.17, 15) is 14.7 Å². The molecular weight excluding hydrogens is 452 g/mol. The van der Waals surface area contributed by atoms with Crippen LogP contribution in [0.3, 0.4) is 0 Å². The highest BCUT2D eigenvalue weighted by molar-refractivity contribution is 7.22. The molecule has 7 nitrogen and oxygen atoms in total. The first-order valence-corrected chi connectivity index (χ1v) is 11.5. The molecule has 1 atom stereocenters. The number of benzene rings is 3. The Labute approximate surface area is 198 Å². The number of hydrogen-bond donors (Lipinski definition) is 1. The number of Topliss-reactive ketones (excluding diaryl/α,β-unsaturated/α-hetero) is 1. The van der Waals surface area contributed by atoms with Gasteiger partial charge in [0.2, 0.25) is 6.79 Å². The van der Waals surface area contributed by atoms with Crippen molar-refractivity contribution in [3.8, 4) is 11.5 Å². The number of carbonyl (C=O) groups is 2.